The molecule has 0 spiro atoms. The second-order valence-electron chi connectivity index (χ2n) is 3.98. The first-order valence-corrected chi connectivity index (χ1v) is 7.04. The molecule has 0 aliphatic heterocycles. The molecule has 3 rings (SSSR count). The number of nitrogens with two attached hydrogens (primary N) is 1. The number of anilines is 2. The zero-order valence-electron chi connectivity index (χ0n) is 10.3. The number of hydrogen-bond donors (Lipinski definition) is 1. The lowest BCUT2D eigenvalue weighted by Gasteiger charge is -2.04. The van der Waals surface area contributed by atoms with Crippen LogP contribution in [-0.4, -0.2) is 38.7 Å². The topological polar surface area (TPSA) is 85.2 Å². The van der Waals surface area contributed by atoms with Crippen LogP contribution in [0.15, 0.2) is 28.0 Å². The second kappa shape index (κ2) is 4.67. The molecule has 19 heavy (non-hydrogen) atoms. The predicted octanol–water partition coefficient (Wildman–Crippen LogP) is 1.38. The van der Waals surface area contributed by atoms with Crippen LogP contribution >= 0.6 is 23.1 Å². The van der Waals surface area contributed by atoms with E-state index in [4.69, 9.17) is 5.73 Å². The third-order valence-corrected chi connectivity index (χ3v) is 4.43. The zero-order chi connectivity index (χ0) is 13.4. The van der Waals surface area contributed by atoms with E-state index < -0.39 is 0 Å². The van der Waals surface area contributed by atoms with Crippen LogP contribution in [0.4, 0.5) is 10.9 Å². The minimum absolute atomic E-state index is 0.449. The van der Waals surface area contributed by atoms with Crippen molar-refractivity contribution in [3.63, 3.8) is 0 Å². The van der Waals surface area contributed by atoms with Crippen LogP contribution in [0.1, 0.15) is 0 Å². The Hall–Kier alpha value is -1.87. The summed E-state index contributed by atoms with van der Waals surface area (Å²) in [6.45, 7) is 0. The third kappa shape index (κ3) is 2.34. The minimum atomic E-state index is 0.449. The van der Waals surface area contributed by atoms with E-state index >= 15 is 0 Å². The second-order valence-corrected chi connectivity index (χ2v) is 6.17. The van der Waals surface area contributed by atoms with Crippen molar-refractivity contribution in [3.05, 3.63) is 18.6 Å². The van der Waals surface area contributed by atoms with E-state index in [2.05, 4.69) is 20.2 Å². The molecule has 7 nitrogen and oxygen atoms in total. The van der Waals surface area contributed by atoms with Gasteiger partial charge in [-0.1, -0.05) is 11.3 Å². The van der Waals surface area contributed by atoms with E-state index in [9.17, 15) is 0 Å². The normalized spacial score (nSPS) is 11.1. The lowest BCUT2D eigenvalue weighted by atomic mass is 10.6. The molecule has 0 unspecified atom stereocenters. The van der Waals surface area contributed by atoms with Gasteiger partial charge in [0.25, 0.3) is 0 Å². The van der Waals surface area contributed by atoms with Crippen molar-refractivity contribution in [2.24, 2.45) is 0 Å². The molecule has 0 aromatic carbocycles. The number of hydrogen-bond acceptors (Lipinski definition) is 8. The summed E-state index contributed by atoms with van der Waals surface area (Å²) in [5.74, 6) is 0.449. The fraction of sp³-hybridized carbons (Fsp3) is 0.200. The van der Waals surface area contributed by atoms with Crippen LogP contribution in [0.2, 0.25) is 0 Å². The molecule has 2 N–H and O–H groups in total. The Morgan fingerprint density at radius 1 is 1.37 bits per heavy atom. The molecule has 3 heterocycles. The van der Waals surface area contributed by atoms with Gasteiger partial charge in [-0.3, -0.25) is 0 Å². The van der Waals surface area contributed by atoms with Crippen molar-refractivity contribution in [3.8, 4) is 0 Å². The van der Waals surface area contributed by atoms with Crippen molar-refractivity contribution < 1.29 is 0 Å². The maximum absolute atomic E-state index is 5.78. The van der Waals surface area contributed by atoms with Crippen molar-refractivity contribution in [1.82, 2.24) is 24.6 Å². The third-order valence-electron chi connectivity index (χ3n) is 2.32. The average molecular weight is 293 g/mol. The summed E-state index contributed by atoms with van der Waals surface area (Å²) < 4.78 is 2.66. The maximum atomic E-state index is 5.78. The molecular weight excluding hydrogens is 282 g/mol. The quantitative estimate of drug-likeness (QED) is 0.780. The number of nitrogen functional groups attached to an aromatic ring is 1. The van der Waals surface area contributed by atoms with Gasteiger partial charge in [-0.15, -0.1) is 10.2 Å². The van der Waals surface area contributed by atoms with Crippen molar-refractivity contribution in [2.75, 3.05) is 24.7 Å². The van der Waals surface area contributed by atoms with E-state index in [0.717, 1.165) is 20.1 Å². The SMILES string of the molecule is CN(C)c1nnc(Sc2nc(N)cn3ccnc23)s1. The molecular formula is C10H11N7S2. The van der Waals surface area contributed by atoms with Gasteiger partial charge in [-0.05, 0) is 11.8 Å². The van der Waals surface area contributed by atoms with Gasteiger partial charge in [-0.25, -0.2) is 9.97 Å². The Morgan fingerprint density at radius 2 is 2.21 bits per heavy atom. The molecule has 9 heteroatoms. The molecule has 0 bridgehead atoms. The molecule has 0 fully saturated rings. The number of fused-ring (bicyclic) bond motifs is 1. The Morgan fingerprint density at radius 3 is 2.95 bits per heavy atom. The Kier molecular flexibility index (Phi) is 2.99. The number of imidazole rings is 1. The van der Waals surface area contributed by atoms with Crippen LogP contribution in [0.5, 0.6) is 0 Å². The Bertz CT molecular complexity index is 718. The van der Waals surface area contributed by atoms with E-state index in [0.29, 0.717) is 5.82 Å². The highest BCUT2D eigenvalue weighted by atomic mass is 32.2. The van der Waals surface area contributed by atoms with Gasteiger partial charge < -0.3 is 15.0 Å². The van der Waals surface area contributed by atoms with Crippen molar-refractivity contribution >= 4 is 39.7 Å². The van der Waals surface area contributed by atoms with Crippen LogP contribution in [0, 0.1) is 0 Å². The highest BCUT2D eigenvalue weighted by Crippen LogP contribution is 2.33. The summed E-state index contributed by atoms with van der Waals surface area (Å²) in [5, 5.41) is 9.80. The first kappa shape index (κ1) is 12.2. The number of nitrogens with zero attached hydrogens (tertiary/aromatic N) is 6. The largest absolute Gasteiger partial charge is 0.382 e. The smallest absolute Gasteiger partial charge is 0.208 e. The number of rotatable bonds is 3. The van der Waals surface area contributed by atoms with E-state index in [1.165, 1.54) is 23.1 Å². The van der Waals surface area contributed by atoms with Crippen molar-refractivity contribution in [1.29, 1.82) is 0 Å². The van der Waals surface area contributed by atoms with Gasteiger partial charge >= 0.3 is 0 Å². The van der Waals surface area contributed by atoms with E-state index in [1.54, 1.807) is 12.4 Å². The summed E-state index contributed by atoms with van der Waals surface area (Å²) in [4.78, 5) is 10.5. The van der Waals surface area contributed by atoms with E-state index in [-0.39, 0.29) is 0 Å². The molecule has 0 aliphatic rings. The fourth-order valence-electron chi connectivity index (χ4n) is 1.50. The van der Waals surface area contributed by atoms with Crippen LogP contribution in [-0.2, 0) is 0 Å². The maximum Gasteiger partial charge on any atom is 0.208 e. The minimum Gasteiger partial charge on any atom is -0.382 e. The average Bonchev–Trinajstić information content (AvgIpc) is 2.96. The van der Waals surface area contributed by atoms with Gasteiger partial charge in [0.1, 0.15) is 10.8 Å². The first-order chi connectivity index (χ1) is 9.13. The van der Waals surface area contributed by atoms with Gasteiger partial charge in [0, 0.05) is 26.5 Å². The molecule has 0 saturated carbocycles. The molecule has 0 saturated heterocycles. The monoisotopic (exact) mass is 293 g/mol. The molecule has 0 atom stereocenters. The number of aromatic nitrogens is 5. The molecule has 3 aromatic heterocycles. The summed E-state index contributed by atoms with van der Waals surface area (Å²) in [6, 6.07) is 0. The highest BCUT2D eigenvalue weighted by molar-refractivity contribution is 8.01. The Labute approximate surface area is 117 Å². The van der Waals surface area contributed by atoms with Crippen LogP contribution < -0.4 is 10.6 Å². The summed E-state index contributed by atoms with van der Waals surface area (Å²) in [6.07, 6.45) is 5.28. The standard InChI is InChI=1S/C10H11N7S2/c1-16(2)9-14-15-10(19-9)18-8-7-12-3-4-17(7)5-6(11)13-8/h3-5H,11H2,1-2H3. The summed E-state index contributed by atoms with van der Waals surface area (Å²) in [5.41, 5.74) is 6.54. The molecule has 0 aliphatic carbocycles. The predicted molar refractivity (Wildman–Crippen MR) is 75.8 cm³/mol. The van der Waals surface area contributed by atoms with Gasteiger partial charge in [0.05, 0.1) is 6.20 Å². The lowest BCUT2D eigenvalue weighted by molar-refractivity contribution is 0.969. The molecule has 3 aromatic rings. The highest BCUT2D eigenvalue weighted by Gasteiger charge is 2.12. The molecule has 0 radical (unpaired) electrons. The molecule has 98 valence electrons. The summed E-state index contributed by atoms with van der Waals surface area (Å²) >= 11 is 2.92. The molecule has 0 amide bonds. The van der Waals surface area contributed by atoms with Gasteiger partial charge in [-0.2, -0.15) is 0 Å². The fourth-order valence-corrected chi connectivity index (χ4v) is 3.27. The summed E-state index contributed by atoms with van der Waals surface area (Å²) in [7, 11) is 3.86. The first-order valence-electron chi connectivity index (χ1n) is 5.41. The van der Waals surface area contributed by atoms with Gasteiger partial charge in [0.2, 0.25) is 5.13 Å². The van der Waals surface area contributed by atoms with E-state index in [1.807, 2.05) is 29.6 Å². The zero-order valence-corrected chi connectivity index (χ0v) is 11.9. The van der Waals surface area contributed by atoms with Gasteiger partial charge in [0.15, 0.2) is 9.99 Å². The van der Waals surface area contributed by atoms with Crippen molar-refractivity contribution in [2.45, 2.75) is 9.37 Å². The van der Waals surface area contributed by atoms with Crippen LogP contribution in [0.3, 0.4) is 0 Å². The van der Waals surface area contributed by atoms with Crippen LogP contribution in [0.25, 0.3) is 5.65 Å². The Balaban J connectivity index is 1.97. The lowest BCUT2D eigenvalue weighted by Crippen LogP contribution is -2.07.